The number of alkyl halides is 3. The van der Waals surface area contributed by atoms with Gasteiger partial charge in [0, 0.05) is 12.0 Å². The molecule has 2 N–H and O–H groups in total. The van der Waals surface area contributed by atoms with Crippen molar-refractivity contribution in [1.82, 2.24) is 15.1 Å². The standard InChI is InChI=1S/C17H19F3N4O.ClH/c1-10-7-15(22-16(25)11(2)12-8-21-9-12)24(23-10)14-6-4-3-5-13(14)17(18,19)20;/h3-7,11-12,21H,8-9H2,1-2H3,(H,22,25);1H. The van der Waals surface area contributed by atoms with Crippen LogP contribution in [0, 0.1) is 18.8 Å². The molecule has 1 unspecified atom stereocenters. The van der Waals surface area contributed by atoms with Crippen molar-refractivity contribution >= 4 is 24.1 Å². The molecular weight excluding hydrogens is 369 g/mol. The Morgan fingerprint density at radius 2 is 2.00 bits per heavy atom. The molecule has 1 aromatic carbocycles. The van der Waals surface area contributed by atoms with E-state index in [2.05, 4.69) is 15.7 Å². The summed E-state index contributed by atoms with van der Waals surface area (Å²) in [5.41, 5.74) is -0.397. The van der Waals surface area contributed by atoms with Crippen molar-refractivity contribution in [2.45, 2.75) is 20.0 Å². The van der Waals surface area contributed by atoms with Crippen LogP contribution < -0.4 is 10.6 Å². The van der Waals surface area contributed by atoms with Crippen LogP contribution in [0.15, 0.2) is 30.3 Å². The number of aromatic nitrogens is 2. The maximum Gasteiger partial charge on any atom is 0.418 e. The highest BCUT2D eigenvalue weighted by Gasteiger charge is 2.35. The van der Waals surface area contributed by atoms with Gasteiger partial charge in [0.15, 0.2) is 0 Å². The van der Waals surface area contributed by atoms with Crippen LogP contribution in [0.25, 0.3) is 5.69 Å². The van der Waals surface area contributed by atoms with Gasteiger partial charge in [-0.3, -0.25) is 4.79 Å². The molecule has 26 heavy (non-hydrogen) atoms. The molecule has 1 aromatic heterocycles. The number of aryl methyl sites for hydroxylation is 1. The number of para-hydroxylation sites is 1. The monoisotopic (exact) mass is 388 g/mol. The Balaban J connectivity index is 0.00000243. The van der Waals surface area contributed by atoms with Crippen molar-refractivity contribution < 1.29 is 18.0 Å². The second-order valence-electron chi connectivity index (χ2n) is 6.29. The predicted molar refractivity (Wildman–Crippen MR) is 94.7 cm³/mol. The third kappa shape index (κ3) is 4.02. The van der Waals surface area contributed by atoms with Crippen LogP contribution in [0.1, 0.15) is 18.2 Å². The number of carbonyl (C=O) groups excluding carboxylic acids is 1. The predicted octanol–water partition coefficient (Wildman–Crippen LogP) is 3.42. The lowest BCUT2D eigenvalue weighted by molar-refractivity contribution is -0.137. The number of amides is 1. The molecular formula is C17H20ClF3N4O. The van der Waals surface area contributed by atoms with E-state index in [1.54, 1.807) is 13.0 Å². The largest absolute Gasteiger partial charge is 0.418 e. The van der Waals surface area contributed by atoms with Crippen molar-refractivity contribution in [2.24, 2.45) is 11.8 Å². The molecule has 3 rings (SSSR count). The fraction of sp³-hybridized carbons (Fsp3) is 0.412. The Morgan fingerprint density at radius 1 is 1.35 bits per heavy atom. The first-order chi connectivity index (χ1) is 11.8. The molecule has 2 aromatic rings. The van der Waals surface area contributed by atoms with Crippen LogP contribution in [0.2, 0.25) is 0 Å². The minimum absolute atomic E-state index is 0. The lowest BCUT2D eigenvalue weighted by Gasteiger charge is -2.31. The highest BCUT2D eigenvalue weighted by Crippen LogP contribution is 2.34. The molecule has 142 valence electrons. The van der Waals surface area contributed by atoms with E-state index < -0.39 is 11.7 Å². The number of nitrogens with zero attached hydrogens (tertiary/aromatic N) is 2. The Hall–Kier alpha value is -2.06. The maximum atomic E-state index is 13.3. The van der Waals surface area contributed by atoms with E-state index in [9.17, 15) is 18.0 Å². The van der Waals surface area contributed by atoms with Gasteiger partial charge in [-0.1, -0.05) is 19.1 Å². The average Bonchev–Trinajstić information content (AvgIpc) is 2.85. The topological polar surface area (TPSA) is 59.0 Å². The van der Waals surface area contributed by atoms with Crippen LogP contribution in [0.4, 0.5) is 19.0 Å². The molecule has 1 amide bonds. The van der Waals surface area contributed by atoms with Gasteiger partial charge in [-0.15, -0.1) is 12.4 Å². The van der Waals surface area contributed by atoms with Gasteiger partial charge in [-0.05, 0) is 38.1 Å². The lowest BCUT2D eigenvalue weighted by Crippen LogP contribution is -2.48. The van der Waals surface area contributed by atoms with Gasteiger partial charge in [0.25, 0.3) is 0 Å². The Morgan fingerprint density at radius 3 is 2.58 bits per heavy atom. The number of hydrogen-bond acceptors (Lipinski definition) is 3. The molecule has 1 atom stereocenters. The summed E-state index contributed by atoms with van der Waals surface area (Å²) in [7, 11) is 0. The van der Waals surface area contributed by atoms with E-state index in [1.165, 1.54) is 18.2 Å². The number of benzene rings is 1. The summed E-state index contributed by atoms with van der Waals surface area (Å²) in [5.74, 6) is 0.0122. The Kier molecular flexibility index (Phi) is 5.98. The first kappa shape index (κ1) is 20.3. The van der Waals surface area contributed by atoms with Crippen molar-refractivity contribution in [3.8, 4) is 5.69 Å². The molecule has 0 spiro atoms. The van der Waals surface area contributed by atoms with Crippen LogP contribution in [0.5, 0.6) is 0 Å². The summed E-state index contributed by atoms with van der Waals surface area (Å²) in [6.45, 7) is 5.02. The van der Waals surface area contributed by atoms with Crippen molar-refractivity contribution in [3.05, 3.63) is 41.6 Å². The SMILES string of the molecule is Cc1cc(NC(=O)C(C)C2CNC2)n(-c2ccccc2C(F)(F)F)n1.Cl. The van der Waals surface area contributed by atoms with E-state index in [1.807, 2.05) is 6.92 Å². The fourth-order valence-electron chi connectivity index (χ4n) is 2.79. The molecule has 2 heterocycles. The zero-order chi connectivity index (χ0) is 18.2. The Bertz CT molecular complexity index is 787. The second kappa shape index (κ2) is 7.67. The van der Waals surface area contributed by atoms with E-state index >= 15 is 0 Å². The molecule has 5 nitrogen and oxygen atoms in total. The third-order valence-corrected chi connectivity index (χ3v) is 4.45. The van der Waals surface area contributed by atoms with Crippen LogP contribution in [-0.4, -0.2) is 28.8 Å². The van der Waals surface area contributed by atoms with Crippen LogP contribution in [-0.2, 0) is 11.0 Å². The molecule has 0 aliphatic carbocycles. The molecule has 0 bridgehead atoms. The smallest absolute Gasteiger partial charge is 0.316 e. The van der Waals surface area contributed by atoms with Gasteiger partial charge < -0.3 is 10.6 Å². The molecule has 1 aliphatic rings. The van der Waals surface area contributed by atoms with Gasteiger partial charge in [0.2, 0.25) is 5.91 Å². The normalized spacial score (nSPS) is 15.7. The van der Waals surface area contributed by atoms with E-state index in [-0.39, 0.29) is 41.7 Å². The van der Waals surface area contributed by atoms with Gasteiger partial charge in [0.05, 0.1) is 16.9 Å². The summed E-state index contributed by atoms with van der Waals surface area (Å²) in [4.78, 5) is 12.4. The summed E-state index contributed by atoms with van der Waals surface area (Å²) in [6.07, 6.45) is -4.51. The first-order valence-corrected chi connectivity index (χ1v) is 8.02. The number of hydrogen-bond donors (Lipinski definition) is 2. The van der Waals surface area contributed by atoms with E-state index in [0.29, 0.717) is 5.69 Å². The highest BCUT2D eigenvalue weighted by molar-refractivity contribution is 5.92. The third-order valence-electron chi connectivity index (χ3n) is 4.45. The van der Waals surface area contributed by atoms with Crippen molar-refractivity contribution in [1.29, 1.82) is 0 Å². The molecule has 1 saturated heterocycles. The molecule has 9 heteroatoms. The summed E-state index contributed by atoms with van der Waals surface area (Å²) in [5, 5.41) is 9.96. The van der Waals surface area contributed by atoms with E-state index in [0.717, 1.165) is 23.8 Å². The zero-order valence-corrected chi connectivity index (χ0v) is 15.1. The van der Waals surface area contributed by atoms with Gasteiger partial charge in [-0.25, -0.2) is 4.68 Å². The number of carbonyl (C=O) groups is 1. The number of nitrogens with one attached hydrogen (secondary N) is 2. The van der Waals surface area contributed by atoms with Crippen molar-refractivity contribution in [2.75, 3.05) is 18.4 Å². The van der Waals surface area contributed by atoms with Gasteiger partial charge in [-0.2, -0.15) is 18.3 Å². The van der Waals surface area contributed by atoms with Crippen molar-refractivity contribution in [3.63, 3.8) is 0 Å². The van der Waals surface area contributed by atoms with E-state index in [4.69, 9.17) is 0 Å². The minimum Gasteiger partial charge on any atom is -0.316 e. The molecule has 0 radical (unpaired) electrons. The van der Waals surface area contributed by atoms with Crippen LogP contribution >= 0.6 is 12.4 Å². The second-order valence-corrected chi connectivity index (χ2v) is 6.29. The first-order valence-electron chi connectivity index (χ1n) is 8.02. The maximum absolute atomic E-state index is 13.3. The average molecular weight is 389 g/mol. The molecule has 0 saturated carbocycles. The van der Waals surface area contributed by atoms with Gasteiger partial charge in [0.1, 0.15) is 5.82 Å². The number of anilines is 1. The summed E-state index contributed by atoms with van der Waals surface area (Å²) in [6, 6.07) is 6.74. The number of halogens is 4. The molecule has 1 fully saturated rings. The van der Waals surface area contributed by atoms with Gasteiger partial charge >= 0.3 is 6.18 Å². The lowest BCUT2D eigenvalue weighted by atomic mass is 9.88. The highest BCUT2D eigenvalue weighted by atomic mass is 35.5. The summed E-state index contributed by atoms with van der Waals surface area (Å²) < 4.78 is 41.0. The summed E-state index contributed by atoms with van der Waals surface area (Å²) >= 11 is 0. The van der Waals surface area contributed by atoms with Crippen LogP contribution in [0.3, 0.4) is 0 Å². The quantitative estimate of drug-likeness (QED) is 0.843. The fourth-order valence-corrected chi connectivity index (χ4v) is 2.79. The zero-order valence-electron chi connectivity index (χ0n) is 14.3. The Labute approximate surface area is 155 Å². The number of rotatable bonds is 4. The molecule has 1 aliphatic heterocycles. The minimum atomic E-state index is -4.51.